The lowest BCUT2D eigenvalue weighted by Gasteiger charge is -2.26. The summed E-state index contributed by atoms with van der Waals surface area (Å²) in [6, 6.07) is 13.9. The van der Waals surface area contributed by atoms with Crippen LogP contribution in [0, 0.1) is 0 Å². The molecule has 0 spiro atoms. The predicted molar refractivity (Wildman–Crippen MR) is 123 cm³/mol. The fourth-order valence-corrected chi connectivity index (χ4v) is 4.76. The fourth-order valence-electron chi connectivity index (χ4n) is 3.30. The maximum Gasteiger partial charge on any atom is 0.246 e. The van der Waals surface area contributed by atoms with Gasteiger partial charge in [-0.2, -0.15) is 4.31 Å². The summed E-state index contributed by atoms with van der Waals surface area (Å²) in [5, 5.41) is 5.99. The van der Waals surface area contributed by atoms with Gasteiger partial charge in [0, 0.05) is 24.5 Å². The zero-order valence-corrected chi connectivity index (χ0v) is 19.3. The molecule has 2 aromatic carbocycles. The molecule has 8 heteroatoms. The largest absolute Gasteiger partial charge is 0.379 e. The Morgan fingerprint density at radius 3 is 2.29 bits per heavy atom. The number of ether oxygens (including phenoxy) is 1. The van der Waals surface area contributed by atoms with Crippen molar-refractivity contribution in [3.8, 4) is 0 Å². The minimum Gasteiger partial charge on any atom is -0.379 e. The molecule has 2 N–H and O–H groups in total. The molecule has 2 aromatic rings. The lowest BCUT2D eigenvalue weighted by atomic mass is 9.87. The molecule has 0 radical (unpaired) electrons. The molecule has 0 aromatic heterocycles. The molecule has 1 heterocycles. The van der Waals surface area contributed by atoms with Gasteiger partial charge in [-0.15, -0.1) is 0 Å². The summed E-state index contributed by atoms with van der Waals surface area (Å²) in [5.74, 6) is -0.249. The van der Waals surface area contributed by atoms with Gasteiger partial charge in [-0.3, -0.25) is 4.79 Å². The molecule has 3 rings (SSSR count). The van der Waals surface area contributed by atoms with Crippen LogP contribution in [0.3, 0.4) is 0 Å². The van der Waals surface area contributed by atoms with Crippen LogP contribution in [0.5, 0.6) is 0 Å². The van der Waals surface area contributed by atoms with Gasteiger partial charge in [-0.1, -0.05) is 39.0 Å². The monoisotopic (exact) mass is 445 g/mol. The molecule has 0 unspecified atom stereocenters. The molecule has 1 amide bonds. The fraction of sp³-hybridized carbons (Fsp3) is 0.435. The summed E-state index contributed by atoms with van der Waals surface area (Å²) in [5.41, 5.74) is 2.57. The summed E-state index contributed by atoms with van der Waals surface area (Å²) in [6.07, 6.45) is 0. The summed E-state index contributed by atoms with van der Waals surface area (Å²) < 4.78 is 32.3. The molecular weight excluding hydrogens is 414 g/mol. The van der Waals surface area contributed by atoms with E-state index in [0.29, 0.717) is 32.0 Å². The Morgan fingerprint density at radius 2 is 1.68 bits per heavy atom. The maximum absolute atomic E-state index is 12.8. The smallest absolute Gasteiger partial charge is 0.246 e. The number of amides is 1. The van der Waals surface area contributed by atoms with E-state index in [1.54, 1.807) is 25.1 Å². The highest BCUT2D eigenvalue weighted by Gasteiger charge is 2.26. The first kappa shape index (κ1) is 23.2. The molecule has 1 fully saturated rings. The Bertz CT molecular complexity index is 1010. The first-order chi connectivity index (χ1) is 14.6. The van der Waals surface area contributed by atoms with Crippen LogP contribution >= 0.6 is 0 Å². The van der Waals surface area contributed by atoms with Gasteiger partial charge in [0.15, 0.2) is 0 Å². The summed E-state index contributed by atoms with van der Waals surface area (Å²) in [4.78, 5) is 12.8. The minimum absolute atomic E-state index is 0.0636. The molecule has 1 aliphatic rings. The number of morpholine rings is 1. The van der Waals surface area contributed by atoms with E-state index in [-0.39, 0.29) is 16.2 Å². The van der Waals surface area contributed by atoms with Crippen LogP contribution in [-0.2, 0) is 25.0 Å². The van der Waals surface area contributed by atoms with Gasteiger partial charge >= 0.3 is 0 Å². The number of rotatable bonds is 6. The van der Waals surface area contributed by atoms with E-state index in [9.17, 15) is 13.2 Å². The molecular formula is C23H31N3O4S. The van der Waals surface area contributed by atoms with Crippen molar-refractivity contribution in [2.45, 2.75) is 44.0 Å². The number of carbonyl (C=O) groups is 1. The van der Waals surface area contributed by atoms with Crippen molar-refractivity contribution >= 4 is 27.3 Å². The third kappa shape index (κ3) is 5.84. The van der Waals surface area contributed by atoms with Crippen molar-refractivity contribution in [1.29, 1.82) is 0 Å². The van der Waals surface area contributed by atoms with E-state index < -0.39 is 16.1 Å². The molecule has 31 heavy (non-hydrogen) atoms. The van der Waals surface area contributed by atoms with Crippen molar-refractivity contribution in [3.63, 3.8) is 0 Å². The Kier molecular flexibility index (Phi) is 7.03. The van der Waals surface area contributed by atoms with Crippen LogP contribution in [0.2, 0.25) is 0 Å². The Labute approximate surface area is 184 Å². The molecule has 1 aliphatic heterocycles. The van der Waals surface area contributed by atoms with Gasteiger partial charge in [0.2, 0.25) is 15.9 Å². The van der Waals surface area contributed by atoms with Gasteiger partial charge in [-0.25, -0.2) is 8.42 Å². The molecule has 7 nitrogen and oxygen atoms in total. The van der Waals surface area contributed by atoms with Gasteiger partial charge in [0.25, 0.3) is 0 Å². The van der Waals surface area contributed by atoms with Crippen LogP contribution in [-0.4, -0.2) is 51.0 Å². The van der Waals surface area contributed by atoms with Gasteiger partial charge in [0.1, 0.15) is 6.04 Å². The molecule has 168 valence electrons. The number of nitrogens with one attached hydrogen (secondary N) is 2. The normalized spacial score (nSPS) is 16.5. The Balaban J connectivity index is 1.65. The summed E-state index contributed by atoms with van der Waals surface area (Å²) >= 11 is 0. The van der Waals surface area contributed by atoms with Gasteiger partial charge in [-0.05, 0) is 48.2 Å². The topological polar surface area (TPSA) is 87.7 Å². The number of anilines is 2. The van der Waals surface area contributed by atoms with Crippen molar-refractivity contribution < 1.29 is 17.9 Å². The van der Waals surface area contributed by atoms with Crippen LogP contribution in [0.25, 0.3) is 0 Å². The minimum atomic E-state index is -3.62. The first-order valence-electron chi connectivity index (χ1n) is 10.4. The van der Waals surface area contributed by atoms with Crippen LogP contribution in [0.15, 0.2) is 53.4 Å². The molecule has 1 atom stereocenters. The van der Waals surface area contributed by atoms with Crippen LogP contribution in [0.4, 0.5) is 11.4 Å². The highest BCUT2D eigenvalue weighted by Crippen LogP contribution is 2.24. The van der Waals surface area contributed by atoms with Crippen molar-refractivity contribution in [2.24, 2.45) is 0 Å². The molecule has 0 bridgehead atoms. The second-order valence-electron chi connectivity index (χ2n) is 8.73. The number of sulfonamides is 1. The number of carbonyl (C=O) groups excluding carboxylic acids is 1. The van der Waals surface area contributed by atoms with Gasteiger partial charge in [0.05, 0.1) is 18.1 Å². The Morgan fingerprint density at radius 1 is 1.03 bits per heavy atom. The van der Waals surface area contributed by atoms with E-state index in [4.69, 9.17) is 4.74 Å². The third-order valence-electron chi connectivity index (χ3n) is 5.24. The van der Waals surface area contributed by atoms with Crippen LogP contribution < -0.4 is 10.6 Å². The van der Waals surface area contributed by atoms with E-state index in [1.165, 1.54) is 15.9 Å². The standard InChI is InChI=1S/C23H31N3O4S/c1-17(24-19-10-8-18(9-11-19)23(2,3)4)22(27)25-20-6-5-7-21(16-20)31(28,29)26-12-14-30-15-13-26/h5-11,16-17,24H,12-15H2,1-4H3,(H,25,27)/t17-/m1/s1. The van der Waals surface area contributed by atoms with Gasteiger partial charge < -0.3 is 15.4 Å². The van der Waals surface area contributed by atoms with E-state index in [0.717, 1.165) is 5.69 Å². The SMILES string of the molecule is C[C@@H](Nc1ccc(C(C)(C)C)cc1)C(=O)Nc1cccc(S(=O)(=O)N2CCOCC2)c1. The quantitative estimate of drug-likeness (QED) is 0.711. The number of hydrogen-bond acceptors (Lipinski definition) is 5. The number of nitrogens with zero attached hydrogens (tertiary/aromatic N) is 1. The predicted octanol–water partition coefficient (Wildman–Crippen LogP) is 3.44. The first-order valence-corrected chi connectivity index (χ1v) is 11.9. The van der Waals surface area contributed by atoms with Crippen LogP contribution in [0.1, 0.15) is 33.3 Å². The Hall–Kier alpha value is -2.42. The van der Waals surface area contributed by atoms with Crippen molar-refractivity contribution in [1.82, 2.24) is 4.31 Å². The second-order valence-corrected chi connectivity index (χ2v) is 10.7. The highest BCUT2D eigenvalue weighted by atomic mass is 32.2. The average Bonchev–Trinajstić information content (AvgIpc) is 2.74. The zero-order valence-electron chi connectivity index (χ0n) is 18.5. The molecule has 0 aliphatic carbocycles. The molecule has 0 saturated carbocycles. The lowest BCUT2D eigenvalue weighted by molar-refractivity contribution is -0.116. The maximum atomic E-state index is 12.8. The number of benzene rings is 2. The highest BCUT2D eigenvalue weighted by molar-refractivity contribution is 7.89. The summed E-state index contributed by atoms with van der Waals surface area (Å²) in [6.45, 7) is 9.64. The second kappa shape index (κ2) is 9.38. The third-order valence-corrected chi connectivity index (χ3v) is 7.13. The lowest BCUT2D eigenvalue weighted by Crippen LogP contribution is -2.40. The molecule has 1 saturated heterocycles. The summed E-state index contributed by atoms with van der Waals surface area (Å²) in [7, 11) is -3.62. The van der Waals surface area contributed by atoms with E-state index in [2.05, 4.69) is 31.4 Å². The van der Waals surface area contributed by atoms with E-state index >= 15 is 0 Å². The zero-order chi connectivity index (χ0) is 22.6. The van der Waals surface area contributed by atoms with Crippen molar-refractivity contribution in [2.75, 3.05) is 36.9 Å². The van der Waals surface area contributed by atoms with E-state index in [1.807, 2.05) is 24.3 Å². The average molecular weight is 446 g/mol. The van der Waals surface area contributed by atoms with Crippen molar-refractivity contribution in [3.05, 3.63) is 54.1 Å². The number of hydrogen-bond donors (Lipinski definition) is 2.